The van der Waals surface area contributed by atoms with Crippen LogP contribution in [0.4, 0.5) is 0 Å². The molecule has 3 aromatic carbocycles. The largest absolute Gasteiger partial charge is 0.354 e. The van der Waals surface area contributed by atoms with Gasteiger partial charge in [-0.1, -0.05) is 91.0 Å². The Morgan fingerprint density at radius 3 is 2.00 bits per heavy atom. The Morgan fingerprint density at radius 2 is 1.37 bits per heavy atom. The fourth-order valence-electron chi connectivity index (χ4n) is 6.21. The predicted octanol–water partition coefficient (Wildman–Crippen LogP) is 5.37. The van der Waals surface area contributed by atoms with Gasteiger partial charge in [-0.25, -0.2) is 0 Å². The summed E-state index contributed by atoms with van der Waals surface area (Å²) in [5, 5.41) is 3.05. The van der Waals surface area contributed by atoms with E-state index in [4.69, 9.17) is 5.73 Å². The molecule has 0 aliphatic heterocycles. The first-order valence-electron chi connectivity index (χ1n) is 17.1. The van der Waals surface area contributed by atoms with Gasteiger partial charge in [0.1, 0.15) is 12.1 Å². The number of hydrogen-bond donors (Lipinski definition) is 2. The van der Waals surface area contributed by atoms with Crippen molar-refractivity contribution in [1.82, 2.24) is 20.1 Å². The molecule has 49 heavy (non-hydrogen) atoms. The number of nitrogens with two attached hydrogens (primary N) is 1. The van der Waals surface area contributed by atoms with Gasteiger partial charge >= 0.3 is 0 Å². The molecular weight excluding hydrogens is 610 g/mol. The maximum atomic E-state index is 14.5. The number of rotatable bonds is 15. The molecule has 0 unspecified atom stereocenters. The van der Waals surface area contributed by atoms with Crippen LogP contribution >= 0.6 is 0 Å². The average molecular weight is 658 g/mol. The SMILES string of the molecule is CN(C(=O)/C=C/CC1(N)CCC1)[C@H](Cc1ccc(-c2ccccc2)cc1)C(=O)N(C)[C@H](Cc1ccccc1)C(=O)NCCc1ccncc1. The zero-order chi connectivity index (χ0) is 34.6. The molecule has 0 spiro atoms. The van der Waals surface area contributed by atoms with Crippen LogP contribution in [0.2, 0.25) is 0 Å². The van der Waals surface area contributed by atoms with E-state index in [-0.39, 0.29) is 29.7 Å². The Balaban J connectivity index is 1.37. The lowest BCUT2D eigenvalue weighted by Crippen LogP contribution is -2.56. The third-order valence-corrected chi connectivity index (χ3v) is 9.58. The zero-order valence-corrected chi connectivity index (χ0v) is 28.5. The summed E-state index contributed by atoms with van der Waals surface area (Å²) in [6, 6.07) is 30.0. The average Bonchev–Trinajstić information content (AvgIpc) is 3.12. The summed E-state index contributed by atoms with van der Waals surface area (Å²) in [4.78, 5) is 48.9. The second kappa shape index (κ2) is 16.8. The smallest absolute Gasteiger partial charge is 0.246 e. The third-order valence-electron chi connectivity index (χ3n) is 9.58. The van der Waals surface area contributed by atoms with E-state index in [1.807, 2.05) is 91.0 Å². The molecule has 8 nitrogen and oxygen atoms in total. The minimum atomic E-state index is -0.844. The van der Waals surface area contributed by atoms with E-state index < -0.39 is 12.1 Å². The normalized spacial score (nSPS) is 14.8. The van der Waals surface area contributed by atoms with Crippen molar-refractivity contribution >= 4 is 17.7 Å². The molecule has 0 radical (unpaired) electrons. The van der Waals surface area contributed by atoms with Gasteiger partial charge in [0.25, 0.3) is 0 Å². The Labute approximate surface area is 290 Å². The number of nitrogens with one attached hydrogen (secondary N) is 1. The molecule has 254 valence electrons. The van der Waals surface area contributed by atoms with E-state index in [1.165, 1.54) is 15.9 Å². The molecule has 1 aliphatic rings. The van der Waals surface area contributed by atoms with Crippen LogP contribution in [0.5, 0.6) is 0 Å². The van der Waals surface area contributed by atoms with Crippen LogP contribution < -0.4 is 11.1 Å². The summed E-state index contributed by atoms with van der Waals surface area (Å²) in [7, 11) is 3.32. The number of pyridine rings is 1. The highest BCUT2D eigenvalue weighted by Gasteiger charge is 2.35. The van der Waals surface area contributed by atoms with Crippen molar-refractivity contribution < 1.29 is 14.4 Å². The van der Waals surface area contributed by atoms with E-state index in [0.717, 1.165) is 47.1 Å². The second-order valence-electron chi connectivity index (χ2n) is 13.1. The van der Waals surface area contributed by atoms with Gasteiger partial charge in [0.05, 0.1) is 0 Å². The Kier molecular flexibility index (Phi) is 12.1. The molecule has 3 amide bonds. The summed E-state index contributed by atoms with van der Waals surface area (Å²) in [6.45, 7) is 0.416. The first kappa shape index (κ1) is 35.2. The van der Waals surface area contributed by atoms with Crippen molar-refractivity contribution in [3.05, 3.63) is 138 Å². The number of benzene rings is 3. The number of amides is 3. The van der Waals surface area contributed by atoms with Gasteiger partial charge < -0.3 is 20.9 Å². The van der Waals surface area contributed by atoms with Gasteiger partial charge in [-0.15, -0.1) is 0 Å². The van der Waals surface area contributed by atoms with Crippen LogP contribution in [0.25, 0.3) is 11.1 Å². The molecule has 0 saturated heterocycles. The summed E-state index contributed by atoms with van der Waals surface area (Å²) < 4.78 is 0. The predicted molar refractivity (Wildman–Crippen MR) is 194 cm³/mol. The molecule has 0 bridgehead atoms. The Hall–Kier alpha value is -5.08. The summed E-state index contributed by atoms with van der Waals surface area (Å²) >= 11 is 0. The van der Waals surface area contributed by atoms with Crippen LogP contribution in [-0.4, -0.2) is 70.8 Å². The fourth-order valence-corrected chi connectivity index (χ4v) is 6.21. The van der Waals surface area contributed by atoms with Crippen LogP contribution in [-0.2, 0) is 33.6 Å². The van der Waals surface area contributed by atoms with Gasteiger partial charge in [-0.05, 0) is 78.1 Å². The summed E-state index contributed by atoms with van der Waals surface area (Å²) in [5.41, 5.74) is 11.2. The first-order valence-corrected chi connectivity index (χ1v) is 17.1. The van der Waals surface area contributed by atoms with E-state index in [0.29, 0.717) is 25.8 Å². The highest BCUT2D eigenvalue weighted by Crippen LogP contribution is 2.32. The molecular formula is C41H47N5O3. The molecule has 1 aromatic heterocycles. The van der Waals surface area contributed by atoms with Gasteiger partial charge in [0, 0.05) is 51.4 Å². The molecule has 8 heteroatoms. The lowest BCUT2D eigenvalue weighted by atomic mass is 9.75. The molecule has 4 aromatic rings. The minimum Gasteiger partial charge on any atom is -0.354 e. The van der Waals surface area contributed by atoms with Crippen molar-refractivity contribution in [3.8, 4) is 11.1 Å². The van der Waals surface area contributed by atoms with Crippen LogP contribution in [0, 0.1) is 0 Å². The van der Waals surface area contributed by atoms with Crippen molar-refractivity contribution in [3.63, 3.8) is 0 Å². The first-order chi connectivity index (χ1) is 23.7. The second-order valence-corrected chi connectivity index (χ2v) is 13.1. The molecule has 5 rings (SSSR count). The lowest BCUT2D eigenvalue weighted by molar-refractivity contribution is -0.146. The standard InChI is InChI=1S/C41H47N5O3/c1-45(38(47)15-9-23-41(42)24-10-25-41)37(30-33-16-18-35(19-17-33)34-13-7-4-8-14-34)40(49)46(2)36(29-32-11-5-3-6-12-32)39(48)44-28-22-31-20-26-43-27-21-31/h3-9,11-21,26-27,36-37H,10,22-25,28-30,42H2,1-2H3,(H,44,48)/b15-9+/t36-,37-/m1/s1. The van der Waals surface area contributed by atoms with Gasteiger partial charge in [0.15, 0.2) is 0 Å². The number of hydrogen-bond acceptors (Lipinski definition) is 5. The third kappa shape index (κ3) is 9.74. The molecule has 2 atom stereocenters. The zero-order valence-electron chi connectivity index (χ0n) is 28.5. The molecule has 1 heterocycles. The van der Waals surface area contributed by atoms with Gasteiger partial charge in [0.2, 0.25) is 17.7 Å². The van der Waals surface area contributed by atoms with Crippen molar-refractivity contribution in [2.24, 2.45) is 5.73 Å². The number of carbonyl (C=O) groups excluding carboxylic acids is 3. The summed E-state index contributed by atoms with van der Waals surface area (Å²) in [5.74, 6) is -0.838. The topological polar surface area (TPSA) is 109 Å². The van der Waals surface area contributed by atoms with Crippen LogP contribution in [0.1, 0.15) is 42.4 Å². The fraction of sp³-hybridized carbons (Fsp3) is 0.317. The van der Waals surface area contributed by atoms with E-state index in [1.54, 1.807) is 26.5 Å². The van der Waals surface area contributed by atoms with Crippen molar-refractivity contribution in [2.45, 2.75) is 62.6 Å². The van der Waals surface area contributed by atoms with Crippen LogP contribution in [0.15, 0.2) is 122 Å². The van der Waals surface area contributed by atoms with Crippen molar-refractivity contribution in [2.75, 3.05) is 20.6 Å². The highest BCUT2D eigenvalue weighted by molar-refractivity contribution is 5.95. The highest BCUT2D eigenvalue weighted by atomic mass is 16.2. The number of carbonyl (C=O) groups is 3. The van der Waals surface area contributed by atoms with E-state index in [2.05, 4.69) is 22.4 Å². The maximum absolute atomic E-state index is 14.5. The van der Waals surface area contributed by atoms with E-state index in [9.17, 15) is 14.4 Å². The molecule has 1 saturated carbocycles. The number of likely N-dealkylation sites (N-methyl/N-ethyl adjacent to an activating group) is 2. The van der Waals surface area contributed by atoms with E-state index >= 15 is 0 Å². The Bertz CT molecular complexity index is 1690. The maximum Gasteiger partial charge on any atom is 0.246 e. The van der Waals surface area contributed by atoms with Gasteiger partial charge in [-0.3, -0.25) is 19.4 Å². The minimum absolute atomic E-state index is 0.248. The summed E-state index contributed by atoms with van der Waals surface area (Å²) in [6.07, 6.45) is 11.7. The monoisotopic (exact) mass is 657 g/mol. The number of nitrogens with zero attached hydrogens (tertiary/aromatic N) is 3. The molecule has 3 N–H and O–H groups in total. The quantitative estimate of drug-likeness (QED) is 0.167. The van der Waals surface area contributed by atoms with Crippen molar-refractivity contribution in [1.29, 1.82) is 0 Å². The lowest BCUT2D eigenvalue weighted by Gasteiger charge is -2.37. The van der Waals surface area contributed by atoms with Gasteiger partial charge in [-0.2, -0.15) is 0 Å². The molecule has 1 aliphatic carbocycles. The van der Waals surface area contributed by atoms with Crippen LogP contribution in [0.3, 0.4) is 0 Å². The Morgan fingerprint density at radius 1 is 0.776 bits per heavy atom. The molecule has 1 fully saturated rings. The number of aromatic nitrogens is 1.